The molecule has 1 saturated heterocycles. The van der Waals surface area contributed by atoms with Gasteiger partial charge in [-0.3, -0.25) is 14.5 Å². The van der Waals surface area contributed by atoms with Crippen molar-refractivity contribution in [3.05, 3.63) is 11.8 Å². The minimum Gasteiger partial charge on any atom is -0.481 e. The van der Waals surface area contributed by atoms with Gasteiger partial charge in [0.15, 0.2) is 0 Å². The highest BCUT2D eigenvalue weighted by Crippen LogP contribution is 2.13. The third-order valence-corrected chi connectivity index (χ3v) is 2.72. The molecule has 1 aliphatic rings. The van der Waals surface area contributed by atoms with E-state index in [2.05, 4.69) is 15.5 Å². The van der Waals surface area contributed by atoms with E-state index in [1.54, 1.807) is 11.8 Å². The van der Waals surface area contributed by atoms with Crippen LogP contribution in [0.3, 0.4) is 0 Å². The van der Waals surface area contributed by atoms with Crippen LogP contribution in [0.4, 0.5) is 0 Å². The van der Waals surface area contributed by atoms with E-state index in [1.165, 1.54) is 0 Å². The molecule has 2 heterocycles. The van der Waals surface area contributed by atoms with E-state index in [4.69, 9.17) is 9.52 Å². The van der Waals surface area contributed by atoms with Crippen molar-refractivity contribution in [2.75, 3.05) is 13.1 Å². The van der Waals surface area contributed by atoms with E-state index in [0.29, 0.717) is 24.9 Å². The number of carboxylic acids is 1. The van der Waals surface area contributed by atoms with Crippen molar-refractivity contribution >= 4 is 11.9 Å². The van der Waals surface area contributed by atoms with Gasteiger partial charge in [0.2, 0.25) is 17.7 Å². The van der Waals surface area contributed by atoms with Gasteiger partial charge in [-0.05, 0) is 0 Å². The molecular formula is C10H14N4O4. The largest absolute Gasteiger partial charge is 0.481 e. The summed E-state index contributed by atoms with van der Waals surface area (Å²) in [5, 5.41) is 19.0. The molecule has 98 valence electrons. The second kappa shape index (κ2) is 5.13. The zero-order chi connectivity index (χ0) is 13.1. The molecule has 1 unspecified atom stereocenters. The molecule has 8 heteroatoms. The third-order valence-electron chi connectivity index (χ3n) is 2.72. The van der Waals surface area contributed by atoms with E-state index in [0.717, 1.165) is 0 Å². The first-order valence-electron chi connectivity index (χ1n) is 5.59. The lowest BCUT2D eigenvalue weighted by Gasteiger charge is -2.32. The molecule has 1 aliphatic heterocycles. The molecule has 1 aromatic heterocycles. The zero-order valence-corrected chi connectivity index (χ0v) is 9.92. The topological polar surface area (TPSA) is 109 Å². The number of amides is 1. The van der Waals surface area contributed by atoms with Crippen molar-refractivity contribution in [1.29, 1.82) is 0 Å². The molecule has 1 aromatic rings. The number of hydrogen-bond acceptors (Lipinski definition) is 6. The summed E-state index contributed by atoms with van der Waals surface area (Å²) in [6.07, 6.45) is -0.237. The maximum absolute atomic E-state index is 11.7. The van der Waals surface area contributed by atoms with E-state index >= 15 is 0 Å². The molecule has 1 amide bonds. The van der Waals surface area contributed by atoms with Crippen molar-refractivity contribution in [2.24, 2.45) is 0 Å². The Hall–Kier alpha value is -1.96. The summed E-state index contributed by atoms with van der Waals surface area (Å²) >= 11 is 0. The normalized spacial score (nSPS) is 20.7. The van der Waals surface area contributed by atoms with Gasteiger partial charge in [0.05, 0.1) is 13.0 Å². The summed E-state index contributed by atoms with van der Waals surface area (Å²) in [5.41, 5.74) is 0. The van der Waals surface area contributed by atoms with E-state index in [9.17, 15) is 9.59 Å². The average Bonchev–Trinajstić information content (AvgIpc) is 2.69. The Morgan fingerprint density at radius 1 is 1.61 bits per heavy atom. The fourth-order valence-electron chi connectivity index (χ4n) is 1.91. The van der Waals surface area contributed by atoms with Crippen molar-refractivity contribution in [1.82, 2.24) is 20.4 Å². The van der Waals surface area contributed by atoms with Gasteiger partial charge in [-0.25, -0.2) is 0 Å². The third kappa shape index (κ3) is 2.83. The fraction of sp³-hybridized carbons (Fsp3) is 0.600. The second-order valence-corrected chi connectivity index (χ2v) is 4.09. The van der Waals surface area contributed by atoms with Crippen molar-refractivity contribution in [3.8, 4) is 0 Å². The van der Waals surface area contributed by atoms with Crippen LogP contribution in [0.15, 0.2) is 4.42 Å². The lowest BCUT2D eigenvalue weighted by Crippen LogP contribution is -2.55. The Morgan fingerprint density at radius 3 is 3.00 bits per heavy atom. The quantitative estimate of drug-likeness (QED) is 0.720. The number of hydrogen-bond donors (Lipinski definition) is 2. The first-order chi connectivity index (χ1) is 8.56. The molecule has 0 spiro atoms. The zero-order valence-electron chi connectivity index (χ0n) is 9.92. The smallest absolute Gasteiger partial charge is 0.305 e. The van der Waals surface area contributed by atoms with Gasteiger partial charge in [-0.2, -0.15) is 0 Å². The van der Waals surface area contributed by atoms with Gasteiger partial charge in [0.25, 0.3) is 0 Å². The number of nitrogens with one attached hydrogen (secondary N) is 1. The van der Waals surface area contributed by atoms with Gasteiger partial charge in [-0.1, -0.05) is 0 Å². The molecule has 8 nitrogen and oxygen atoms in total. The highest BCUT2D eigenvalue weighted by atomic mass is 16.4. The Bertz CT molecular complexity index is 458. The van der Waals surface area contributed by atoms with Crippen molar-refractivity contribution in [2.45, 2.75) is 25.9 Å². The van der Waals surface area contributed by atoms with Crippen molar-refractivity contribution in [3.63, 3.8) is 0 Å². The number of rotatable bonds is 4. The lowest BCUT2D eigenvalue weighted by molar-refractivity contribution is -0.143. The predicted molar refractivity (Wildman–Crippen MR) is 58.5 cm³/mol. The monoisotopic (exact) mass is 254 g/mol. The summed E-state index contributed by atoms with van der Waals surface area (Å²) < 4.78 is 5.23. The van der Waals surface area contributed by atoms with E-state index in [1.807, 2.05) is 0 Å². The first-order valence-corrected chi connectivity index (χ1v) is 5.59. The highest BCUT2D eigenvalue weighted by Gasteiger charge is 2.32. The molecule has 0 saturated carbocycles. The van der Waals surface area contributed by atoms with Gasteiger partial charge in [-0.15, -0.1) is 10.2 Å². The molecule has 0 bridgehead atoms. The molecule has 1 atom stereocenters. The van der Waals surface area contributed by atoms with Gasteiger partial charge < -0.3 is 14.8 Å². The number of carboxylic acid groups (broad SMARTS) is 1. The average molecular weight is 254 g/mol. The summed E-state index contributed by atoms with van der Waals surface area (Å²) in [7, 11) is 0. The maximum atomic E-state index is 11.7. The molecule has 0 aliphatic carbocycles. The standard InChI is InChI=1S/C10H14N4O4/c1-6-12-13-8(18-6)5-14-3-2-11-10(17)7(14)4-9(15)16/h7H,2-5H2,1H3,(H,11,17)(H,15,16). The number of nitrogens with zero attached hydrogens (tertiary/aromatic N) is 3. The van der Waals surface area contributed by atoms with Crippen LogP contribution in [0.25, 0.3) is 0 Å². The van der Waals surface area contributed by atoms with Crippen LogP contribution in [-0.4, -0.2) is 51.2 Å². The number of aromatic nitrogens is 2. The number of carbonyl (C=O) groups excluding carboxylic acids is 1. The molecule has 0 radical (unpaired) electrons. The lowest BCUT2D eigenvalue weighted by atomic mass is 10.1. The van der Waals surface area contributed by atoms with Crippen LogP contribution in [0.5, 0.6) is 0 Å². The summed E-state index contributed by atoms with van der Waals surface area (Å²) in [6.45, 7) is 3.01. The Balaban J connectivity index is 2.07. The summed E-state index contributed by atoms with van der Waals surface area (Å²) in [6, 6.07) is -0.691. The van der Waals surface area contributed by atoms with Crippen LogP contribution < -0.4 is 5.32 Å². The predicted octanol–water partition coefficient (Wildman–Crippen LogP) is -0.847. The first kappa shape index (κ1) is 12.5. The Labute approximate surface area is 103 Å². The van der Waals surface area contributed by atoms with E-state index < -0.39 is 12.0 Å². The van der Waals surface area contributed by atoms with Gasteiger partial charge in [0, 0.05) is 20.0 Å². The minimum atomic E-state index is -1.01. The number of carbonyl (C=O) groups is 2. The molecule has 0 aromatic carbocycles. The summed E-state index contributed by atoms with van der Waals surface area (Å²) in [5.74, 6) is -0.456. The molecule has 1 fully saturated rings. The number of piperazine rings is 1. The van der Waals surface area contributed by atoms with E-state index in [-0.39, 0.29) is 18.9 Å². The van der Waals surface area contributed by atoms with Crippen LogP contribution in [0.1, 0.15) is 18.2 Å². The van der Waals surface area contributed by atoms with Crippen molar-refractivity contribution < 1.29 is 19.1 Å². The minimum absolute atomic E-state index is 0.237. The van der Waals surface area contributed by atoms with Crippen LogP contribution >= 0.6 is 0 Å². The fourth-order valence-corrected chi connectivity index (χ4v) is 1.91. The second-order valence-electron chi connectivity index (χ2n) is 4.09. The Morgan fingerprint density at radius 2 is 2.39 bits per heavy atom. The SMILES string of the molecule is Cc1nnc(CN2CCNC(=O)C2CC(=O)O)o1. The molecule has 2 rings (SSSR count). The molecule has 18 heavy (non-hydrogen) atoms. The Kier molecular flexibility index (Phi) is 3.56. The van der Waals surface area contributed by atoms with Gasteiger partial charge >= 0.3 is 5.97 Å². The number of aliphatic carboxylic acids is 1. The van der Waals surface area contributed by atoms with Crippen LogP contribution in [-0.2, 0) is 16.1 Å². The number of aryl methyl sites for hydroxylation is 1. The maximum Gasteiger partial charge on any atom is 0.305 e. The molecular weight excluding hydrogens is 240 g/mol. The van der Waals surface area contributed by atoms with Gasteiger partial charge in [0.1, 0.15) is 6.04 Å². The van der Waals surface area contributed by atoms with Crippen LogP contribution in [0.2, 0.25) is 0 Å². The highest BCUT2D eigenvalue weighted by molar-refractivity contribution is 5.86. The van der Waals surface area contributed by atoms with Crippen LogP contribution in [0, 0.1) is 6.92 Å². The summed E-state index contributed by atoms with van der Waals surface area (Å²) in [4.78, 5) is 24.1. The molecule has 2 N–H and O–H groups in total.